The van der Waals surface area contributed by atoms with Crippen LogP contribution in [-0.2, 0) is 6.54 Å². The first kappa shape index (κ1) is 32.1. The van der Waals surface area contributed by atoms with Crippen molar-refractivity contribution in [2.24, 2.45) is 0 Å². The second kappa shape index (κ2) is 12.7. The van der Waals surface area contributed by atoms with E-state index in [4.69, 9.17) is 4.42 Å². The molecule has 12 rings (SSSR count). The van der Waals surface area contributed by atoms with Crippen molar-refractivity contribution in [3.8, 4) is 16.8 Å². The van der Waals surface area contributed by atoms with Crippen LogP contribution in [0, 0.1) is 0 Å². The van der Waals surface area contributed by atoms with Gasteiger partial charge in [-0.3, -0.25) is 0 Å². The van der Waals surface area contributed by atoms with Crippen molar-refractivity contribution in [3.63, 3.8) is 0 Å². The fourth-order valence-corrected chi connectivity index (χ4v) is 10.2. The Morgan fingerprint density at radius 1 is 0.491 bits per heavy atom. The minimum absolute atomic E-state index is 0.717. The average molecular weight is 747 g/mol. The second-order valence-electron chi connectivity index (χ2n) is 14.9. The predicted octanol–water partition coefficient (Wildman–Crippen LogP) is 15.2. The van der Waals surface area contributed by atoms with Crippen LogP contribution in [0.1, 0.15) is 5.56 Å². The summed E-state index contributed by atoms with van der Waals surface area (Å²) in [6, 6.07) is 70.4. The van der Waals surface area contributed by atoms with Gasteiger partial charge in [-0.1, -0.05) is 133 Å². The summed E-state index contributed by atoms with van der Waals surface area (Å²) >= 11 is 1.87. The molecule has 0 aliphatic carbocycles. The molecule has 0 fully saturated rings. The first-order valence-corrected chi connectivity index (χ1v) is 20.3. The summed E-state index contributed by atoms with van der Waals surface area (Å²) < 4.78 is 11.5. The van der Waals surface area contributed by atoms with E-state index in [0.29, 0.717) is 0 Å². The number of benzene rings is 9. The molecule has 4 heteroatoms. The topological polar surface area (TPSA) is 21.3 Å². The molecule has 0 aliphatic rings. The number of thiophene rings is 1. The zero-order chi connectivity index (χ0) is 37.5. The van der Waals surface area contributed by atoms with E-state index in [0.717, 1.165) is 50.8 Å². The summed E-state index contributed by atoms with van der Waals surface area (Å²) in [7, 11) is 0. The number of fused-ring (bicyclic) bond motifs is 11. The third-order valence-corrected chi connectivity index (χ3v) is 12.9. The summed E-state index contributed by atoms with van der Waals surface area (Å²) in [5.74, 6) is 0. The quantitative estimate of drug-likeness (QED) is 0.169. The molecule has 3 aromatic heterocycles. The van der Waals surface area contributed by atoms with Gasteiger partial charge in [-0.15, -0.1) is 11.3 Å². The molecule has 268 valence electrons. The van der Waals surface area contributed by atoms with Gasteiger partial charge in [0.1, 0.15) is 11.2 Å². The van der Waals surface area contributed by atoms with Crippen molar-refractivity contribution >= 4 is 97.4 Å². The molecule has 0 saturated heterocycles. The number of anilines is 2. The Morgan fingerprint density at radius 3 is 1.95 bits per heavy atom. The van der Waals surface area contributed by atoms with E-state index < -0.39 is 0 Å². The van der Waals surface area contributed by atoms with Crippen LogP contribution in [0.4, 0.5) is 11.4 Å². The van der Waals surface area contributed by atoms with Gasteiger partial charge in [0.05, 0.1) is 21.4 Å². The molecule has 0 radical (unpaired) electrons. The van der Waals surface area contributed by atoms with E-state index >= 15 is 0 Å². The summed E-state index contributed by atoms with van der Waals surface area (Å²) in [6.45, 7) is 0.717. The Balaban J connectivity index is 0.971. The predicted molar refractivity (Wildman–Crippen MR) is 243 cm³/mol. The van der Waals surface area contributed by atoms with Crippen LogP contribution in [0.2, 0.25) is 0 Å². The van der Waals surface area contributed by atoms with Crippen LogP contribution in [0.5, 0.6) is 0 Å². The van der Waals surface area contributed by atoms with Gasteiger partial charge in [-0.05, 0) is 82.7 Å². The van der Waals surface area contributed by atoms with E-state index in [1.165, 1.54) is 64.2 Å². The zero-order valence-corrected chi connectivity index (χ0v) is 31.7. The number of hydrogen-bond donors (Lipinski definition) is 0. The van der Waals surface area contributed by atoms with Gasteiger partial charge in [0.25, 0.3) is 0 Å². The molecule has 12 aromatic rings. The molecule has 0 bridgehead atoms. The van der Waals surface area contributed by atoms with Crippen LogP contribution in [-0.4, -0.2) is 4.57 Å². The zero-order valence-electron chi connectivity index (χ0n) is 30.9. The molecule has 57 heavy (non-hydrogen) atoms. The molecule has 0 aliphatic heterocycles. The molecule has 0 N–H and O–H groups in total. The van der Waals surface area contributed by atoms with Crippen molar-refractivity contribution in [2.45, 2.75) is 6.54 Å². The van der Waals surface area contributed by atoms with Crippen molar-refractivity contribution in [1.29, 1.82) is 0 Å². The molecule has 3 nitrogen and oxygen atoms in total. The fourth-order valence-electron chi connectivity index (χ4n) is 9.01. The maximum atomic E-state index is 6.55. The third kappa shape index (κ3) is 5.04. The third-order valence-electron chi connectivity index (χ3n) is 11.7. The Labute approximate surface area is 332 Å². The fraction of sp³-hybridized carbons (Fsp3) is 0.0189. The SMILES string of the molecule is c1ccc2c(c1)ccc1c2oc2cccc(-c3ccc(N(Cc4ccc(-n5c6ccccc6c6ccccc65)cc4)c4cccc5c4sc4ccccc45)cc3)c21. The highest BCUT2D eigenvalue weighted by Gasteiger charge is 2.19. The van der Waals surface area contributed by atoms with Gasteiger partial charge in [0, 0.05) is 60.3 Å². The van der Waals surface area contributed by atoms with Crippen molar-refractivity contribution in [3.05, 3.63) is 200 Å². The minimum atomic E-state index is 0.717. The van der Waals surface area contributed by atoms with E-state index in [2.05, 4.69) is 204 Å². The molecular weight excluding hydrogens is 713 g/mol. The van der Waals surface area contributed by atoms with Gasteiger partial charge >= 0.3 is 0 Å². The maximum absolute atomic E-state index is 6.55. The van der Waals surface area contributed by atoms with E-state index in [-0.39, 0.29) is 0 Å². The Morgan fingerprint density at radius 2 is 1.16 bits per heavy atom. The van der Waals surface area contributed by atoms with Gasteiger partial charge in [-0.25, -0.2) is 0 Å². The first-order valence-electron chi connectivity index (χ1n) is 19.5. The molecule has 0 amide bonds. The highest BCUT2D eigenvalue weighted by Crippen LogP contribution is 2.44. The molecule has 9 aromatic carbocycles. The van der Waals surface area contributed by atoms with Crippen molar-refractivity contribution < 1.29 is 4.42 Å². The Hall–Kier alpha value is -7.14. The lowest BCUT2D eigenvalue weighted by atomic mass is 9.98. The Kier molecular flexibility index (Phi) is 7.16. The van der Waals surface area contributed by atoms with E-state index in [1.54, 1.807) is 0 Å². The van der Waals surface area contributed by atoms with Gasteiger partial charge < -0.3 is 13.9 Å². The van der Waals surface area contributed by atoms with E-state index in [1.807, 2.05) is 11.3 Å². The van der Waals surface area contributed by atoms with E-state index in [9.17, 15) is 0 Å². The summed E-state index contributed by atoms with van der Waals surface area (Å²) in [4.78, 5) is 2.48. The Bertz CT molecular complexity index is 3440. The summed E-state index contributed by atoms with van der Waals surface area (Å²) in [5, 5.41) is 9.77. The molecule has 3 heterocycles. The second-order valence-corrected chi connectivity index (χ2v) is 15.9. The highest BCUT2D eigenvalue weighted by atomic mass is 32.1. The molecule has 0 unspecified atom stereocenters. The lowest BCUT2D eigenvalue weighted by Crippen LogP contribution is -2.16. The normalized spacial score (nSPS) is 11.9. The largest absolute Gasteiger partial charge is 0.455 e. The summed E-state index contributed by atoms with van der Waals surface area (Å²) in [5.41, 5.74) is 11.4. The molecule has 0 saturated carbocycles. The van der Waals surface area contributed by atoms with Crippen LogP contribution in [0.15, 0.2) is 199 Å². The number of nitrogens with zero attached hydrogens (tertiary/aromatic N) is 2. The van der Waals surface area contributed by atoms with Gasteiger partial charge in [0.2, 0.25) is 0 Å². The minimum Gasteiger partial charge on any atom is -0.455 e. The summed E-state index contributed by atoms with van der Waals surface area (Å²) in [6.07, 6.45) is 0. The smallest absolute Gasteiger partial charge is 0.143 e. The lowest BCUT2D eigenvalue weighted by molar-refractivity contribution is 0.673. The molecule has 0 spiro atoms. The lowest BCUT2D eigenvalue weighted by Gasteiger charge is -2.26. The van der Waals surface area contributed by atoms with Crippen LogP contribution in [0.3, 0.4) is 0 Å². The van der Waals surface area contributed by atoms with Gasteiger partial charge in [0.15, 0.2) is 0 Å². The first-order chi connectivity index (χ1) is 28.3. The monoisotopic (exact) mass is 746 g/mol. The average Bonchev–Trinajstić information content (AvgIpc) is 3.96. The number of furan rings is 1. The van der Waals surface area contributed by atoms with Gasteiger partial charge in [-0.2, -0.15) is 0 Å². The number of hydrogen-bond acceptors (Lipinski definition) is 3. The highest BCUT2D eigenvalue weighted by molar-refractivity contribution is 7.26. The molecular formula is C53H34N2OS. The van der Waals surface area contributed by atoms with Crippen molar-refractivity contribution in [2.75, 3.05) is 4.90 Å². The maximum Gasteiger partial charge on any atom is 0.143 e. The van der Waals surface area contributed by atoms with Crippen LogP contribution in [0.25, 0.3) is 91.5 Å². The standard InChI is InChI=1S/C53H34N2OS/c1-2-12-40-35(11-1)27-32-45-51-39(16-10-21-49(51)56-52(40)45)36-25-30-37(31-26-36)54(48-20-9-17-44-43-15-5-8-22-50(43)57-53(44)48)33-34-23-28-38(29-24-34)55-46-18-6-3-13-41(46)42-14-4-7-19-47(42)55/h1-32H,33H2. The van der Waals surface area contributed by atoms with Crippen molar-refractivity contribution in [1.82, 2.24) is 4.57 Å². The molecule has 0 atom stereocenters. The number of aromatic nitrogens is 1. The number of rotatable bonds is 6. The van der Waals surface area contributed by atoms with Crippen LogP contribution >= 0.6 is 11.3 Å². The number of para-hydroxylation sites is 2. The van der Waals surface area contributed by atoms with Crippen LogP contribution < -0.4 is 4.90 Å².